The minimum absolute atomic E-state index is 0. The molecule has 1 aliphatic carbocycles. The summed E-state index contributed by atoms with van der Waals surface area (Å²) in [5.74, 6) is 1.57. The van der Waals surface area contributed by atoms with E-state index in [2.05, 4.69) is 67.3 Å². The number of nitrogens with zero attached hydrogens (tertiary/aromatic N) is 1. The van der Waals surface area contributed by atoms with Crippen LogP contribution in [0.15, 0.2) is 48.5 Å². The van der Waals surface area contributed by atoms with E-state index in [-0.39, 0.29) is 12.4 Å². The minimum Gasteiger partial charge on any atom is -0.299 e. The van der Waals surface area contributed by atoms with Crippen molar-refractivity contribution >= 4 is 12.4 Å². The van der Waals surface area contributed by atoms with E-state index in [1.165, 1.54) is 43.5 Å². The summed E-state index contributed by atoms with van der Waals surface area (Å²) >= 11 is 0. The summed E-state index contributed by atoms with van der Waals surface area (Å²) in [6.45, 7) is 6.95. The molecule has 1 aliphatic heterocycles. The number of halogens is 1. The Balaban J connectivity index is 0.00000169. The van der Waals surface area contributed by atoms with Crippen molar-refractivity contribution in [1.82, 2.24) is 4.90 Å². The van der Waals surface area contributed by atoms with Crippen molar-refractivity contribution in [2.75, 3.05) is 13.1 Å². The van der Waals surface area contributed by atoms with Crippen LogP contribution in [-0.4, -0.2) is 24.0 Å². The lowest BCUT2D eigenvalue weighted by molar-refractivity contribution is 0.228. The van der Waals surface area contributed by atoms with Crippen LogP contribution >= 0.6 is 12.4 Å². The third kappa shape index (κ3) is 3.12. The van der Waals surface area contributed by atoms with Crippen LogP contribution < -0.4 is 0 Å². The van der Waals surface area contributed by atoms with Crippen LogP contribution in [0.25, 0.3) is 0 Å². The van der Waals surface area contributed by atoms with Crippen LogP contribution in [0, 0.1) is 12.8 Å². The maximum atomic E-state index is 2.74. The summed E-state index contributed by atoms with van der Waals surface area (Å²) in [4.78, 5) is 2.74. The zero-order chi connectivity index (χ0) is 15.8. The predicted octanol–water partition coefficient (Wildman–Crippen LogP) is 5.01. The highest BCUT2D eigenvalue weighted by Crippen LogP contribution is 2.45. The molecule has 2 heteroatoms. The summed E-state index contributed by atoms with van der Waals surface area (Å²) in [5.41, 5.74) is 6.12. The summed E-state index contributed by atoms with van der Waals surface area (Å²) in [7, 11) is 0. The molecular formula is C22H28ClN. The Bertz CT molecular complexity index is 696. The van der Waals surface area contributed by atoms with Gasteiger partial charge in [-0.3, -0.25) is 4.90 Å². The normalized spacial score (nSPS) is 25.7. The van der Waals surface area contributed by atoms with Crippen molar-refractivity contribution in [3.63, 3.8) is 0 Å². The maximum Gasteiger partial charge on any atom is 0.0170 e. The first kappa shape index (κ1) is 17.5. The molecule has 2 aromatic rings. The van der Waals surface area contributed by atoms with Crippen molar-refractivity contribution in [2.24, 2.45) is 5.92 Å². The van der Waals surface area contributed by atoms with Gasteiger partial charge in [0, 0.05) is 18.5 Å². The second kappa shape index (κ2) is 7.29. The van der Waals surface area contributed by atoms with E-state index >= 15 is 0 Å². The van der Waals surface area contributed by atoms with Crippen molar-refractivity contribution < 1.29 is 0 Å². The van der Waals surface area contributed by atoms with E-state index in [1.54, 1.807) is 11.1 Å². The second-order valence-corrected chi connectivity index (χ2v) is 7.36. The van der Waals surface area contributed by atoms with Gasteiger partial charge in [-0.15, -0.1) is 12.4 Å². The lowest BCUT2D eigenvalue weighted by Gasteiger charge is -2.32. The quantitative estimate of drug-likeness (QED) is 0.758. The Hall–Kier alpha value is -1.31. The van der Waals surface area contributed by atoms with Gasteiger partial charge in [-0.25, -0.2) is 0 Å². The topological polar surface area (TPSA) is 3.24 Å². The summed E-state index contributed by atoms with van der Waals surface area (Å²) < 4.78 is 0. The Labute approximate surface area is 152 Å². The molecule has 4 rings (SSSR count). The van der Waals surface area contributed by atoms with E-state index in [1.807, 2.05) is 0 Å². The zero-order valence-corrected chi connectivity index (χ0v) is 15.6. The third-order valence-corrected chi connectivity index (χ3v) is 6.05. The molecule has 0 aromatic heterocycles. The molecule has 128 valence electrons. The molecule has 2 aliphatic rings. The van der Waals surface area contributed by atoms with Gasteiger partial charge < -0.3 is 0 Å². The number of aryl methyl sites for hydroxylation is 2. The van der Waals surface area contributed by atoms with Gasteiger partial charge in [-0.05, 0) is 55.3 Å². The lowest BCUT2D eigenvalue weighted by atomic mass is 9.73. The molecule has 3 atom stereocenters. The van der Waals surface area contributed by atoms with Gasteiger partial charge in [0.15, 0.2) is 0 Å². The fraction of sp³-hybridized carbons (Fsp3) is 0.455. The summed E-state index contributed by atoms with van der Waals surface area (Å²) in [5, 5.41) is 0. The van der Waals surface area contributed by atoms with Crippen molar-refractivity contribution in [3.05, 3.63) is 70.8 Å². The second-order valence-electron chi connectivity index (χ2n) is 7.36. The molecule has 1 nitrogen and oxygen atoms in total. The molecule has 2 aromatic carbocycles. The molecule has 0 radical (unpaired) electrons. The molecule has 1 unspecified atom stereocenters. The predicted molar refractivity (Wildman–Crippen MR) is 104 cm³/mol. The summed E-state index contributed by atoms with van der Waals surface area (Å²) in [6.07, 6.45) is 3.83. The highest BCUT2D eigenvalue weighted by Gasteiger charge is 2.43. The average Bonchev–Trinajstić information content (AvgIpc) is 2.93. The number of fused-ring (bicyclic) bond motifs is 3. The van der Waals surface area contributed by atoms with Crippen molar-refractivity contribution in [1.29, 1.82) is 0 Å². The zero-order valence-electron chi connectivity index (χ0n) is 14.7. The van der Waals surface area contributed by atoms with Crippen LogP contribution in [0.5, 0.6) is 0 Å². The largest absolute Gasteiger partial charge is 0.299 e. The first-order valence-electron chi connectivity index (χ1n) is 9.13. The van der Waals surface area contributed by atoms with Crippen LogP contribution in [0.3, 0.4) is 0 Å². The van der Waals surface area contributed by atoms with E-state index in [4.69, 9.17) is 0 Å². The number of hydrogen-bond donors (Lipinski definition) is 0. The molecule has 1 fully saturated rings. The van der Waals surface area contributed by atoms with Crippen LogP contribution in [-0.2, 0) is 12.8 Å². The van der Waals surface area contributed by atoms with Gasteiger partial charge in [-0.1, -0.05) is 61.0 Å². The van der Waals surface area contributed by atoms with E-state index in [0.29, 0.717) is 6.04 Å². The standard InChI is InChI=1S/C22H27N.ClH/c1-3-23-15-21-19-10-5-4-9-18(19)11-12-20(21)22(23)14-17-8-6-7-16(2)13-17;/h4-10,13,20-22H,3,11-12,14-15H2,1-2H3;1H/t20?,21-,22-;/m1./s1. The number of benzene rings is 2. The fourth-order valence-electron chi connectivity index (χ4n) is 4.96. The van der Waals surface area contributed by atoms with E-state index in [9.17, 15) is 0 Å². The first-order valence-corrected chi connectivity index (χ1v) is 9.13. The third-order valence-electron chi connectivity index (χ3n) is 6.05. The van der Waals surface area contributed by atoms with E-state index in [0.717, 1.165) is 11.8 Å². The number of likely N-dealkylation sites (tertiary alicyclic amines) is 1. The van der Waals surface area contributed by atoms with Gasteiger partial charge in [0.1, 0.15) is 0 Å². The maximum absolute atomic E-state index is 2.74. The number of rotatable bonds is 3. The highest BCUT2D eigenvalue weighted by atomic mass is 35.5. The first-order chi connectivity index (χ1) is 11.3. The molecule has 0 saturated carbocycles. The minimum atomic E-state index is 0. The monoisotopic (exact) mass is 341 g/mol. The van der Waals surface area contributed by atoms with E-state index < -0.39 is 0 Å². The van der Waals surface area contributed by atoms with Gasteiger partial charge in [0.25, 0.3) is 0 Å². The Morgan fingerprint density at radius 2 is 1.92 bits per heavy atom. The molecule has 24 heavy (non-hydrogen) atoms. The van der Waals surface area contributed by atoms with Crippen LogP contribution in [0.2, 0.25) is 0 Å². The van der Waals surface area contributed by atoms with Gasteiger partial charge in [0.05, 0.1) is 0 Å². The van der Waals surface area contributed by atoms with Gasteiger partial charge >= 0.3 is 0 Å². The van der Waals surface area contributed by atoms with Gasteiger partial charge in [0.2, 0.25) is 0 Å². The lowest BCUT2D eigenvalue weighted by Crippen LogP contribution is -2.35. The highest BCUT2D eigenvalue weighted by molar-refractivity contribution is 5.85. The molecule has 0 bridgehead atoms. The Kier molecular flexibility index (Phi) is 5.32. The number of likely N-dealkylation sites (N-methyl/N-ethyl adjacent to an activating group) is 1. The molecule has 0 N–H and O–H groups in total. The fourth-order valence-corrected chi connectivity index (χ4v) is 4.96. The Morgan fingerprint density at radius 1 is 1.08 bits per heavy atom. The molecule has 0 amide bonds. The van der Waals surface area contributed by atoms with Crippen molar-refractivity contribution in [3.8, 4) is 0 Å². The molecule has 1 heterocycles. The number of hydrogen-bond acceptors (Lipinski definition) is 1. The molecular weight excluding hydrogens is 314 g/mol. The SMILES string of the molecule is CCN1C[C@@H]2c3ccccc3CCC2[C@H]1Cc1cccc(C)c1.Cl. The Morgan fingerprint density at radius 3 is 2.71 bits per heavy atom. The summed E-state index contributed by atoms with van der Waals surface area (Å²) in [6, 6.07) is 19.0. The van der Waals surface area contributed by atoms with Crippen LogP contribution in [0.1, 0.15) is 41.5 Å². The van der Waals surface area contributed by atoms with Crippen LogP contribution in [0.4, 0.5) is 0 Å². The average molecular weight is 342 g/mol. The smallest absolute Gasteiger partial charge is 0.0170 e. The molecule has 0 spiro atoms. The van der Waals surface area contributed by atoms with Gasteiger partial charge in [-0.2, -0.15) is 0 Å². The van der Waals surface area contributed by atoms with Crippen molar-refractivity contribution in [2.45, 2.75) is 45.1 Å². The molecule has 1 saturated heterocycles.